The Bertz CT molecular complexity index is 741. The number of methoxy groups -OCH3 is 1. The number of ether oxygens (including phenoxy) is 1. The number of hydrogen-bond acceptors (Lipinski definition) is 6. The summed E-state index contributed by atoms with van der Waals surface area (Å²) in [7, 11) is -2.16. The summed E-state index contributed by atoms with van der Waals surface area (Å²) in [6.45, 7) is 4.25. The molecular formula is C18H27N3O5S. The zero-order valence-corrected chi connectivity index (χ0v) is 16.6. The predicted octanol–water partition coefficient (Wildman–Crippen LogP) is 0.371. The summed E-state index contributed by atoms with van der Waals surface area (Å²) >= 11 is 0. The number of rotatable bonds is 8. The van der Waals surface area contributed by atoms with Crippen LogP contribution in [0.4, 0.5) is 0 Å². The molecule has 150 valence electrons. The van der Waals surface area contributed by atoms with Crippen LogP contribution in [0, 0.1) is 6.92 Å². The Morgan fingerprint density at radius 1 is 1.11 bits per heavy atom. The van der Waals surface area contributed by atoms with Crippen LogP contribution in [0.3, 0.4) is 0 Å². The van der Waals surface area contributed by atoms with E-state index in [0.29, 0.717) is 44.0 Å². The number of aryl methyl sites for hydroxylation is 1. The number of nitrogens with one attached hydrogen (secondary N) is 1. The summed E-state index contributed by atoms with van der Waals surface area (Å²) in [6.07, 6.45) is 0.799. The van der Waals surface area contributed by atoms with Crippen LogP contribution in [0.15, 0.2) is 29.2 Å². The Balaban J connectivity index is 1.75. The Morgan fingerprint density at radius 2 is 1.74 bits per heavy atom. The highest BCUT2D eigenvalue weighted by molar-refractivity contribution is 7.89. The second-order valence-electron chi connectivity index (χ2n) is 6.52. The predicted molar refractivity (Wildman–Crippen MR) is 101 cm³/mol. The van der Waals surface area contributed by atoms with Gasteiger partial charge in [0.25, 0.3) is 0 Å². The lowest BCUT2D eigenvalue weighted by Gasteiger charge is -2.33. The topological polar surface area (TPSA) is 96.0 Å². The Labute approximate surface area is 160 Å². The van der Waals surface area contributed by atoms with E-state index in [-0.39, 0.29) is 24.8 Å². The third-order valence-electron chi connectivity index (χ3n) is 4.46. The number of carbonyl (C=O) groups excluding carboxylic acids is 2. The van der Waals surface area contributed by atoms with Gasteiger partial charge in [-0.1, -0.05) is 17.7 Å². The maximum atomic E-state index is 12.7. The molecule has 1 amide bonds. The molecule has 1 aliphatic rings. The fraction of sp³-hybridized carbons (Fsp3) is 0.556. The number of amides is 1. The zero-order valence-electron chi connectivity index (χ0n) is 15.8. The van der Waals surface area contributed by atoms with Gasteiger partial charge in [0, 0.05) is 39.1 Å². The SMILES string of the molecule is COC(=O)CCCNC(=O)CN1CCN(S(=O)(=O)c2ccc(C)cc2)CC1. The molecule has 1 aromatic carbocycles. The minimum atomic E-state index is -3.50. The Hall–Kier alpha value is -1.97. The van der Waals surface area contributed by atoms with E-state index in [2.05, 4.69) is 10.1 Å². The van der Waals surface area contributed by atoms with E-state index in [0.717, 1.165) is 5.56 Å². The van der Waals surface area contributed by atoms with Crippen molar-refractivity contribution in [2.24, 2.45) is 0 Å². The van der Waals surface area contributed by atoms with Crippen molar-refractivity contribution in [3.63, 3.8) is 0 Å². The van der Waals surface area contributed by atoms with Crippen molar-refractivity contribution in [1.29, 1.82) is 0 Å². The molecule has 1 fully saturated rings. The zero-order chi connectivity index (χ0) is 19.9. The number of sulfonamides is 1. The fourth-order valence-electron chi connectivity index (χ4n) is 2.81. The highest BCUT2D eigenvalue weighted by atomic mass is 32.2. The van der Waals surface area contributed by atoms with Gasteiger partial charge in [-0.25, -0.2) is 8.42 Å². The summed E-state index contributed by atoms with van der Waals surface area (Å²) in [6, 6.07) is 6.82. The van der Waals surface area contributed by atoms with E-state index in [1.54, 1.807) is 24.3 Å². The molecule has 0 unspecified atom stereocenters. The molecule has 1 N–H and O–H groups in total. The number of nitrogens with zero attached hydrogens (tertiary/aromatic N) is 2. The van der Waals surface area contributed by atoms with Crippen LogP contribution >= 0.6 is 0 Å². The second-order valence-corrected chi connectivity index (χ2v) is 8.46. The smallest absolute Gasteiger partial charge is 0.305 e. The number of carbonyl (C=O) groups is 2. The maximum Gasteiger partial charge on any atom is 0.305 e. The molecule has 0 atom stereocenters. The fourth-order valence-corrected chi connectivity index (χ4v) is 4.23. The van der Waals surface area contributed by atoms with Crippen molar-refractivity contribution in [2.75, 3.05) is 46.4 Å². The van der Waals surface area contributed by atoms with Gasteiger partial charge in [0.15, 0.2) is 0 Å². The van der Waals surface area contributed by atoms with Gasteiger partial charge in [-0.2, -0.15) is 4.31 Å². The minimum Gasteiger partial charge on any atom is -0.469 e. The molecule has 2 rings (SSSR count). The van der Waals surface area contributed by atoms with Crippen LogP contribution in [0.25, 0.3) is 0 Å². The largest absolute Gasteiger partial charge is 0.469 e. The van der Waals surface area contributed by atoms with Crippen LogP contribution in [-0.4, -0.2) is 75.9 Å². The quantitative estimate of drug-likeness (QED) is 0.503. The third-order valence-corrected chi connectivity index (χ3v) is 6.38. The van der Waals surface area contributed by atoms with Gasteiger partial charge >= 0.3 is 5.97 Å². The van der Waals surface area contributed by atoms with Gasteiger partial charge in [0.1, 0.15) is 0 Å². The van der Waals surface area contributed by atoms with Crippen LogP contribution in [0.1, 0.15) is 18.4 Å². The van der Waals surface area contributed by atoms with Crippen molar-refractivity contribution in [3.05, 3.63) is 29.8 Å². The van der Waals surface area contributed by atoms with Crippen molar-refractivity contribution in [1.82, 2.24) is 14.5 Å². The van der Waals surface area contributed by atoms with Gasteiger partial charge in [-0.05, 0) is 25.5 Å². The molecule has 9 heteroatoms. The van der Waals surface area contributed by atoms with Gasteiger partial charge in [-0.3, -0.25) is 14.5 Å². The van der Waals surface area contributed by atoms with Gasteiger partial charge < -0.3 is 10.1 Å². The molecule has 0 aliphatic carbocycles. The van der Waals surface area contributed by atoms with E-state index in [9.17, 15) is 18.0 Å². The summed E-state index contributed by atoms with van der Waals surface area (Å²) in [5, 5.41) is 2.76. The van der Waals surface area contributed by atoms with Crippen molar-refractivity contribution >= 4 is 21.9 Å². The van der Waals surface area contributed by atoms with E-state index in [1.807, 2.05) is 11.8 Å². The molecule has 0 saturated carbocycles. The first-order valence-electron chi connectivity index (χ1n) is 8.95. The summed E-state index contributed by atoms with van der Waals surface area (Å²) < 4.78 is 31.3. The Kier molecular flexibility index (Phi) is 7.76. The molecule has 8 nitrogen and oxygen atoms in total. The van der Waals surface area contributed by atoms with E-state index < -0.39 is 10.0 Å². The van der Waals surface area contributed by atoms with E-state index in [4.69, 9.17) is 0 Å². The lowest BCUT2D eigenvalue weighted by atomic mass is 10.2. The first-order valence-corrected chi connectivity index (χ1v) is 10.4. The lowest BCUT2D eigenvalue weighted by molar-refractivity contribution is -0.140. The monoisotopic (exact) mass is 397 g/mol. The maximum absolute atomic E-state index is 12.7. The van der Waals surface area contributed by atoms with Gasteiger partial charge in [-0.15, -0.1) is 0 Å². The molecule has 0 bridgehead atoms. The van der Waals surface area contributed by atoms with Crippen LogP contribution in [0.2, 0.25) is 0 Å². The third kappa shape index (κ3) is 6.30. The number of hydrogen-bond donors (Lipinski definition) is 1. The molecule has 1 saturated heterocycles. The van der Waals surface area contributed by atoms with Crippen LogP contribution < -0.4 is 5.32 Å². The normalized spacial score (nSPS) is 16.1. The van der Waals surface area contributed by atoms with Crippen molar-refractivity contribution in [2.45, 2.75) is 24.7 Å². The van der Waals surface area contributed by atoms with Crippen molar-refractivity contribution in [3.8, 4) is 0 Å². The van der Waals surface area contributed by atoms with E-state index in [1.165, 1.54) is 11.4 Å². The van der Waals surface area contributed by atoms with Crippen molar-refractivity contribution < 1.29 is 22.7 Å². The molecule has 0 spiro atoms. The standard InChI is InChI=1S/C18H27N3O5S/c1-15-5-7-16(8-6-15)27(24,25)21-12-10-20(11-13-21)14-17(22)19-9-3-4-18(23)26-2/h5-8H,3-4,9-14H2,1-2H3,(H,19,22). The first-order chi connectivity index (χ1) is 12.8. The number of benzene rings is 1. The molecule has 1 heterocycles. The molecule has 0 aromatic heterocycles. The summed E-state index contributed by atoms with van der Waals surface area (Å²) in [4.78, 5) is 25.2. The average molecular weight is 397 g/mol. The highest BCUT2D eigenvalue weighted by Crippen LogP contribution is 2.18. The second kappa shape index (κ2) is 9.82. The van der Waals surface area contributed by atoms with Gasteiger partial charge in [0.05, 0.1) is 18.6 Å². The Morgan fingerprint density at radius 3 is 2.33 bits per heavy atom. The summed E-state index contributed by atoms with van der Waals surface area (Å²) in [5.41, 5.74) is 1.01. The highest BCUT2D eigenvalue weighted by Gasteiger charge is 2.28. The van der Waals surface area contributed by atoms with Crippen LogP contribution in [-0.2, 0) is 24.3 Å². The first kappa shape index (κ1) is 21.3. The molecular weight excluding hydrogens is 370 g/mol. The molecule has 0 radical (unpaired) electrons. The van der Waals surface area contributed by atoms with Crippen LogP contribution in [0.5, 0.6) is 0 Å². The molecule has 1 aromatic rings. The molecule has 1 aliphatic heterocycles. The molecule has 27 heavy (non-hydrogen) atoms. The van der Waals surface area contributed by atoms with Gasteiger partial charge in [0.2, 0.25) is 15.9 Å². The summed E-state index contributed by atoms with van der Waals surface area (Å²) in [5.74, 6) is -0.426. The number of esters is 1. The lowest BCUT2D eigenvalue weighted by Crippen LogP contribution is -2.51. The van der Waals surface area contributed by atoms with E-state index >= 15 is 0 Å². The number of piperazine rings is 1. The average Bonchev–Trinajstić information content (AvgIpc) is 2.66. The minimum absolute atomic E-state index is 0.130.